The summed E-state index contributed by atoms with van der Waals surface area (Å²) in [6.45, 7) is 6.74. The summed E-state index contributed by atoms with van der Waals surface area (Å²) in [5.74, 6) is 8.26. The lowest BCUT2D eigenvalue weighted by molar-refractivity contribution is -0.137. The summed E-state index contributed by atoms with van der Waals surface area (Å²) in [6, 6.07) is 23.6. The second kappa shape index (κ2) is 16.6. The Labute approximate surface area is 226 Å². The summed E-state index contributed by atoms with van der Waals surface area (Å²) in [7, 11) is 0. The van der Waals surface area contributed by atoms with Gasteiger partial charge in [-0.2, -0.15) is 0 Å². The Morgan fingerprint density at radius 3 is 1.76 bits per heavy atom. The fourth-order valence-electron chi connectivity index (χ4n) is 3.60. The van der Waals surface area contributed by atoms with Gasteiger partial charge in [-0.1, -0.05) is 43.9 Å². The van der Waals surface area contributed by atoms with Gasteiger partial charge in [0.05, 0.1) is 13.2 Å². The quantitative estimate of drug-likeness (QED) is 0.0713. The van der Waals surface area contributed by atoms with Gasteiger partial charge in [-0.3, -0.25) is 0 Å². The van der Waals surface area contributed by atoms with Gasteiger partial charge in [0, 0.05) is 17.2 Å². The molecule has 0 saturated heterocycles. The van der Waals surface area contributed by atoms with Crippen molar-refractivity contribution in [2.24, 2.45) is 0 Å². The number of aryl methyl sites for hydroxylation is 1. The number of rotatable bonds is 15. The van der Waals surface area contributed by atoms with Crippen molar-refractivity contribution in [2.75, 3.05) is 20.0 Å². The Hall–Kier alpha value is -4.17. The molecule has 0 radical (unpaired) electrons. The van der Waals surface area contributed by atoms with Crippen LogP contribution in [0, 0.1) is 11.8 Å². The van der Waals surface area contributed by atoms with Crippen molar-refractivity contribution in [3.8, 4) is 29.1 Å². The van der Waals surface area contributed by atoms with Gasteiger partial charge < -0.3 is 18.9 Å². The summed E-state index contributed by atoms with van der Waals surface area (Å²) < 4.78 is 22.1. The van der Waals surface area contributed by atoms with Gasteiger partial charge in [0.2, 0.25) is 6.79 Å². The number of hydrogen-bond donors (Lipinski definition) is 0. The number of esters is 1. The lowest BCUT2D eigenvalue weighted by Crippen LogP contribution is -2.05. The third kappa shape index (κ3) is 10.8. The molecule has 0 aliphatic rings. The highest BCUT2D eigenvalue weighted by molar-refractivity contribution is 5.81. The number of carbonyl (C=O) groups is 1. The van der Waals surface area contributed by atoms with Crippen LogP contribution in [0.25, 0.3) is 0 Å². The highest BCUT2D eigenvalue weighted by Crippen LogP contribution is 2.19. The molecular weight excluding hydrogens is 476 g/mol. The molecule has 0 spiro atoms. The Morgan fingerprint density at radius 2 is 1.21 bits per heavy atom. The maximum atomic E-state index is 11.0. The molecule has 5 nitrogen and oxygen atoms in total. The third-order valence-electron chi connectivity index (χ3n) is 5.69. The standard InChI is InChI=1S/C33H36O5/c1-3-9-27-10-12-28(13-11-27)14-15-29-16-18-31(19-17-29)37-26-38-32-22-20-30(21-23-32)35-24-7-5-6-8-25-36-33(34)4-2/h4,10-13,16-23H,2-3,5-9,24-26H2,1H3. The minimum Gasteiger partial charge on any atom is -0.494 e. The first-order chi connectivity index (χ1) is 18.7. The van der Waals surface area contributed by atoms with E-state index in [0.29, 0.717) is 19.0 Å². The van der Waals surface area contributed by atoms with Crippen LogP contribution in [0.4, 0.5) is 0 Å². The minimum absolute atomic E-state index is 0.109. The molecule has 0 aliphatic heterocycles. The van der Waals surface area contributed by atoms with E-state index in [1.807, 2.05) is 48.5 Å². The normalized spacial score (nSPS) is 10.1. The van der Waals surface area contributed by atoms with Crippen molar-refractivity contribution in [1.82, 2.24) is 0 Å². The molecule has 0 saturated carbocycles. The summed E-state index contributed by atoms with van der Waals surface area (Å²) in [4.78, 5) is 11.0. The monoisotopic (exact) mass is 512 g/mol. The van der Waals surface area contributed by atoms with Crippen molar-refractivity contribution in [2.45, 2.75) is 45.4 Å². The third-order valence-corrected chi connectivity index (χ3v) is 5.69. The summed E-state index contributed by atoms with van der Waals surface area (Å²) in [5.41, 5.74) is 3.28. The topological polar surface area (TPSA) is 54.0 Å². The highest BCUT2D eigenvalue weighted by atomic mass is 16.7. The van der Waals surface area contributed by atoms with Crippen LogP contribution in [-0.2, 0) is 16.0 Å². The first kappa shape index (κ1) is 28.4. The lowest BCUT2D eigenvalue weighted by atomic mass is 10.1. The lowest BCUT2D eigenvalue weighted by Gasteiger charge is -2.10. The van der Waals surface area contributed by atoms with E-state index >= 15 is 0 Å². The molecule has 0 N–H and O–H groups in total. The van der Waals surface area contributed by atoms with E-state index in [2.05, 4.69) is 49.6 Å². The first-order valence-electron chi connectivity index (χ1n) is 13.1. The minimum atomic E-state index is -0.368. The molecule has 0 aliphatic carbocycles. The van der Waals surface area contributed by atoms with Crippen LogP contribution in [0.5, 0.6) is 17.2 Å². The smallest absolute Gasteiger partial charge is 0.330 e. The molecule has 3 rings (SSSR count). The van der Waals surface area contributed by atoms with Crippen molar-refractivity contribution < 1.29 is 23.7 Å². The van der Waals surface area contributed by atoms with E-state index in [9.17, 15) is 4.79 Å². The molecule has 0 aromatic heterocycles. The average Bonchev–Trinajstić information content (AvgIpc) is 2.95. The Bertz CT molecular complexity index is 1170. The summed E-state index contributed by atoms with van der Waals surface area (Å²) in [6.07, 6.45) is 7.22. The molecule has 38 heavy (non-hydrogen) atoms. The van der Waals surface area contributed by atoms with Gasteiger partial charge in [0.15, 0.2) is 0 Å². The van der Waals surface area contributed by atoms with Gasteiger partial charge in [-0.25, -0.2) is 4.79 Å². The van der Waals surface area contributed by atoms with Crippen molar-refractivity contribution in [3.63, 3.8) is 0 Å². The second-order valence-corrected chi connectivity index (χ2v) is 8.73. The Morgan fingerprint density at radius 1 is 0.711 bits per heavy atom. The molecule has 198 valence electrons. The van der Waals surface area contributed by atoms with E-state index < -0.39 is 0 Å². The van der Waals surface area contributed by atoms with Gasteiger partial charge >= 0.3 is 5.97 Å². The zero-order valence-corrected chi connectivity index (χ0v) is 22.1. The molecule has 0 unspecified atom stereocenters. The number of hydrogen-bond acceptors (Lipinski definition) is 5. The molecule has 0 fully saturated rings. The molecule has 0 bridgehead atoms. The molecule has 0 amide bonds. The van der Waals surface area contributed by atoms with E-state index in [1.54, 1.807) is 0 Å². The predicted molar refractivity (Wildman–Crippen MR) is 151 cm³/mol. The average molecular weight is 513 g/mol. The van der Waals surface area contributed by atoms with Crippen LogP contribution < -0.4 is 14.2 Å². The number of ether oxygens (including phenoxy) is 4. The van der Waals surface area contributed by atoms with Gasteiger partial charge in [0.1, 0.15) is 17.2 Å². The molecule has 5 heteroatoms. The number of unbranched alkanes of at least 4 members (excludes halogenated alkanes) is 3. The highest BCUT2D eigenvalue weighted by Gasteiger charge is 2.00. The molecule has 3 aromatic rings. The second-order valence-electron chi connectivity index (χ2n) is 8.73. The van der Waals surface area contributed by atoms with Crippen LogP contribution in [0.1, 0.15) is 55.7 Å². The molecule has 3 aromatic carbocycles. The summed E-state index contributed by atoms with van der Waals surface area (Å²) in [5, 5.41) is 0. The van der Waals surface area contributed by atoms with Crippen LogP contribution in [0.3, 0.4) is 0 Å². The fourth-order valence-corrected chi connectivity index (χ4v) is 3.60. The van der Waals surface area contributed by atoms with E-state index in [1.165, 1.54) is 11.6 Å². The van der Waals surface area contributed by atoms with Gasteiger partial charge in [-0.15, -0.1) is 0 Å². The van der Waals surface area contributed by atoms with Crippen molar-refractivity contribution in [3.05, 3.63) is 102 Å². The maximum Gasteiger partial charge on any atom is 0.330 e. The predicted octanol–water partition coefficient (Wildman–Crippen LogP) is 7.12. The van der Waals surface area contributed by atoms with E-state index in [0.717, 1.165) is 61.2 Å². The zero-order valence-electron chi connectivity index (χ0n) is 22.1. The Balaban J connectivity index is 1.30. The SMILES string of the molecule is C=CC(=O)OCCCCCCOc1ccc(OCOc2ccc(C#Cc3ccc(CCC)cc3)cc2)cc1. The van der Waals surface area contributed by atoms with E-state index in [-0.39, 0.29) is 12.8 Å². The molecule has 0 heterocycles. The Kier molecular flexibility index (Phi) is 12.4. The van der Waals surface area contributed by atoms with Crippen molar-refractivity contribution in [1.29, 1.82) is 0 Å². The van der Waals surface area contributed by atoms with E-state index in [4.69, 9.17) is 18.9 Å². The number of benzene rings is 3. The molecular formula is C33H36O5. The first-order valence-corrected chi connectivity index (χ1v) is 13.1. The van der Waals surface area contributed by atoms with Crippen LogP contribution >= 0.6 is 0 Å². The molecule has 0 atom stereocenters. The largest absolute Gasteiger partial charge is 0.494 e. The van der Waals surface area contributed by atoms with Crippen molar-refractivity contribution >= 4 is 5.97 Å². The van der Waals surface area contributed by atoms with Crippen LogP contribution in [0.15, 0.2) is 85.5 Å². The van der Waals surface area contributed by atoms with Crippen LogP contribution in [0.2, 0.25) is 0 Å². The maximum absolute atomic E-state index is 11.0. The number of carbonyl (C=O) groups excluding carboxylic acids is 1. The van der Waals surface area contributed by atoms with Gasteiger partial charge in [0.25, 0.3) is 0 Å². The zero-order chi connectivity index (χ0) is 26.8. The van der Waals surface area contributed by atoms with Gasteiger partial charge in [-0.05, 0) is 98.3 Å². The summed E-state index contributed by atoms with van der Waals surface area (Å²) >= 11 is 0. The van der Waals surface area contributed by atoms with Crippen LogP contribution in [-0.4, -0.2) is 26.0 Å². The fraction of sp³-hybridized carbons (Fsp3) is 0.303.